The van der Waals surface area contributed by atoms with E-state index < -0.39 is 0 Å². The Bertz CT molecular complexity index is 1310. The highest BCUT2D eigenvalue weighted by Gasteiger charge is 2.17. The average Bonchev–Trinajstić information content (AvgIpc) is 3.42. The van der Waals surface area contributed by atoms with Crippen molar-refractivity contribution in [3.63, 3.8) is 0 Å². The molecule has 3 aromatic carbocycles. The summed E-state index contributed by atoms with van der Waals surface area (Å²) < 4.78 is 0. The van der Waals surface area contributed by atoms with Gasteiger partial charge in [0.15, 0.2) is 0 Å². The molecular weight excluding hydrogens is 424 g/mol. The molecule has 0 aliphatic heterocycles. The third kappa shape index (κ3) is 4.71. The SMILES string of the molecule is O=C(NCCC(c1ccccc1)c1ccccc1)c1cc(-c2cccs2)nc2ccccc12. The molecule has 33 heavy (non-hydrogen) atoms. The van der Waals surface area contributed by atoms with Gasteiger partial charge in [-0.25, -0.2) is 4.98 Å². The van der Waals surface area contributed by atoms with E-state index in [1.165, 1.54) is 11.1 Å². The molecule has 0 unspecified atom stereocenters. The van der Waals surface area contributed by atoms with Gasteiger partial charge in [0.1, 0.15) is 0 Å². The maximum atomic E-state index is 13.3. The fourth-order valence-electron chi connectivity index (χ4n) is 4.24. The summed E-state index contributed by atoms with van der Waals surface area (Å²) in [7, 11) is 0. The van der Waals surface area contributed by atoms with Crippen molar-refractivity contribution in [3.05, 3.63) is 125 Å². The monoisotopic (exact) mass is 448 g/mol. The molecule has 5 rings (SSSR count). The van der Waals surface area contributed by atoms with Gasteiger partial charge in [-0.3, -0.25) is 4.79 Å². The highest BCUT2D eigenvalue weighted by molar-refractivity contribution is 7.13. The molecular formula is C29H24N2OS. The molecule has 2 aromatic heterocycles. The van der Waals surface area contributed by atoms with E-state index in [1.54, 1.807) is 11.3 Å². The van der Waals surface area contributed by atoms with Crippen molar-refractivity contribution in [3.8, 4) is 10.6 Å². The van der Waals surface area contributed by atoms with E-state index in [9.17, 15) is 4.79 Å². The molecule has 0 saturated carbocycles. The quantitative estimate of drug-likeness (QED) is 0.294. The second-order valence-electron chi connectivity index (χ2n) is 7.97. The summed E-state index contributed by atoms with van der Waals surface area (Å²) in [4.78, 5) is 19.1. The van der Waals surface area contributed by atoms with Crippen LogP contribution in [0.25, 0.3) is 21.5 Å². The molecule has 0 bridgehead atoms. The molecule has 2 heterocycles. The number of aromatic nitrogens is 1. The number of thiophene rings is 1. The lowest BCUT2D eigenvalue weighted by molar-refractivity contribution is 0.0954. The second kappa shape index (κ2) is 9.80. The van der Waals surface area contributed by atoms with E-state index in [-0.39, 0.29) is 11.8 Å². The van der Waals surface area contributed by atoms with E-state index in [4.69, 9.17) is 4.98 Å². The first kappa shape index (κ1) is 21.1. The summed E-state index contributed by atoms with van der Waals surface area (Å²) in [6.07, 6.45) is 0.820. The number of fused-ring (bicyclic) bond motifs is 1. The van der Waals surface area contributed by atoms with Gasteiger partial charge in [0.25, 0.3) is 5.91 Å². The lowest BCUT2D eigenvalue weighted by atomic mass is 9.88. The molecule has 0 saturated heterocycles. The van der Waals surface area contributed by atoms with Gasteiger partial charge in [-0.2, -0.15) is 0 Å². The van der Waals surface area contributed by atoms with Crippen molar-refractivity contribution in [1.29, 1.82) is 0 Å². The summed E-state index contributed by atoms with van der Waals surface area (Å²) in [5.41, 5.74) is 4.85. The molecule has 4 heteroatoms. The van der Waals surface area contributed by atoms with Crippen molar-refractivity contribution in [2.24, 2.45) is 0 Å². The Morgan fingerprint density at radius 2 is 1.48 bits per heavy atom. The third-order valence-electron chi connectivity index (χ3n) is 5.86. The largest absolute Gasteiger partial charge is 0.352 e. The van der Waals surface area contributed by atoms with Crippen LogP contribution >= 0.6 is 11.3 Å². The fraction of sp³-hybridized carbons (Fsp3) is 0.103. The van der Waals surface area contributed by atoms with Crippen molar-refractivity contribution < 1.29 is 4.79 Å². The Labute approximate surface area is 197 Å². The van der Waals surface area contributed by atoms with Crippen LogP contribution in [0.5, 0.6) is 0 Å². The number of hydrogen-bond acceptors (Lipinski definition) is 3. The normalized spacial score (nSPS) is 11.1. The topological polar surface area (TPSA) is 42.0 Å². The van der Waals surface area contributed by atoms with Crippen molar-refractivity contribution in [2.75, 3.05) is 6.54 Å². The number of benzene rings is 3. The number of carbonyl (C=O) groups excluding carboxylic acids is 1. The molecule has 0 aliphatic carbocycles. The van der Waals surface area contributed by atoms with Gasteiger partial charge < -0.3 is 5.32 Å². The summed E-state index contributed by atoms with van der Waals surface area (Å²) in [6.45, 7) is 0.582. The van der Waals surface area contributed by atoms with Gasteiger partial charge in [-0.05, 0) is 41.1 Å². The molecule has 0 atom stereocenters. The molecule has 1 N–H and O–H groups in total. The number of amides is 1. The zero-order valence-electron chi connectivity index (χ0n) is 18.1. The Balaban J connectivity index is 1.38. The zero-order valence-corrected chi connectivity index (χ0v) is 19.0. The van der Waals surface area contributed by atoms with Gasteiger partial charge in [0.2, 0.25) is 0 Å². The van der Waals surface area contributed by atoms with Crippen LogP contribution in [-0.4, -0.2) is 17.4 Å². The van der Waals surface area contributed by atoms with E-state index >= 15 is 0 Å². The van der Waals surface area contributed by atoms with Crippen molar-refractivity contribution >= 4 is 28.1 Å². The minimum absolute atomic E-state index is 0.0636. The number of para-hydroxylation sites is 1. The minimum atomic E-state index is -0.0636. The molecule has 3 nitrogen and oxygen atoms in total. The van der Waals surface area contributed by atoms with Gasteiger partial charge in [-0.15, -0.1) is 11.3 Å². The number of pyridine rings is 1. The van der Waals surface area contributed by atoms with E-state index in [1.807, 2.05) is 60.0 Å². The minimum Gasteiger partial charge on any atom is -0.352 e. The molecule has 0 radical (unpaired) electrons. The first-order valence-electron chi connectivity index (χ1n) is 11.1. The van der Waals surface area contributed by atoms with Crippen LogP contribution in [0.4, 0.5) is 0 Å². The average molecular weight is 449 g/mol. The van der Waals surface area contributed by atoms with Crippen LogP contribution in [0.3, 0.4) is 0 Å². The number of nitrogens with one attached hydrogen (secondary N) is 1. The molecule has 5 aromatic rings. The Kier molecular flexibility index (Phi) is 6.27. The summed E-state index contributed by atoms with van der Waals surface area (Å²) in [6, 6.07) is 34.8. The molecule has 162 valence electrons. The first-order chi connectivity index (χ1) is 16.3. The molecule has 0 fully saturated rings. The lowest BCUT2D eigenvalue weighted by Gasteiger charge is -2.19. The summed E-state index contributed by atoms with van der Waals surface area (Å²) in [5.74, 6) is 0.162. The van der Waals surface area contributed by atoms with E-state index in [0.717, 1.165) is 27.9 Å². The van der Waals surface area contributed by atoms with Gasteiger partial charge in [0, 0.05) is 17.8 Å². The predicted molar refractivity (Wildman–Crippen MR) is 137 cm³/mol. The maximum absolute atomic E-state index is 13.3. The Morgan fingerprint density at radius 1 is 0.818 bits per heavy atom. The smallest absolute Gasteiger partial charge is 0.252 e. The first-order valence-corrected chi connectivity index (χ1v) is 12.0. The summed E-state index contributed by atoms with van der Waals surface area (Å²) >= 11 is 1.63. The van der Waals surface area contributed by atoms with Gasteiger partial charge >= 0.3 is 0 Å². The molecule has 0 aliphatic rings. The number of hydrogen-bond donors (Lipinski definition) is 1. The van der Waals surface area contributed by atoms with Crippen LogP contribution in [0.1, 0.15) is 33.8 Å². The van der Waals surface area contributed by atoms with Crippen LogP contribution < -0.4 is 5.32 Å². The van der Waals surface area contributed by atoms with Crippen LogP contribution in [0.2, 0.25) is 0 Å². The van der Waals surface area contributed by atoms with E-state index in [2.05, 4.69) is 53.8 Å². The summed E-state index contributed by atoms with van der Waals surface area (Å²) in [5, 5.41) is 6.07. The Hall–Kier alpha value is -3.76. The highest BCUT2D eigenvalue weighted by Crippen LogP contribution is 2.29. The van der Waals surface area contributed by atoms with Gasteiger partial charge in [-0.1, -0.05) is 84.9 Å². The third-order valence-corrected chi connectivity index (χ3v) is 6.75. The molecule has 0 spiro atoms. The highest BCUT2D eigenvalue weighted by atomic mass is 32.1. The zero-order chi connectivity index (χ0) is 22.5. The van der Waals surface area contributed by atoms with Crippen molar-refractivity contribution in [1.82, 2.24) is 10.3 Å². The number of carbonyl (C=O) groups is 1. The fourth-order valence-corrected chi connectivity index (χ4v) is 4.92. The van der Waals surface area contributed by atoms with Gasteiger partial charge in [0.05, 0.1) is 21.7 Å². The van der Waals surface area contributed by atoms with Crippen LogP contribution in [-0.2, 0) is 0 Å². The second-order valence-corrected chi connectivity index (χ2v) is 8.92. The number of nitrogens with zero attached hydrogens (tertiary/aromatic N) is 1. The predicted octanol–water partition coefficient (Wildman–Crippen LogP) is 6.92. The van der Waals surface area contributed by atoms with Crippen LogP contribution in [0, 0.1) is 0 Å². The van der Waals surface area contributed by atoms with Crippen molar-refractivity contribution in [2.45, 2.75) is 12.3 Å². The molecule has 1 amide bonds. The maximum Gasteiger partial charge on any atom is 0.252 e. The lowest BCUT2D eigenvalue weighted by Crippen LogP contribution is -2.26. The number of rotatable bonds is 7. The van der Waals surface area contributed by atoms with Crippen LogP contribution in [0.15, 0.2) is 109 Å². The van der Waals surface area contributed by atoms with E-state index in [0.29, 0.717) is 12.1 Å². The Morgan fingerprint density at radius 3 is 2.15 bits per heavy atom. The standard InChI is InChI=1S/C29H24N2OS/c32-29(25-20-27(28-16-9-19-33-28)31-26-15-8-7-14-24(25)26)30-18-17-23(21-10-3-1-4-11-21)22-12-5-2-6-13-22/h1-16,19-20,23H,17-18H2,(H,30,32).